The van der Waals surface area contributed by atoms with Crippen LogP contribution < -0.4 is 5.56 Å². The van der Waals surface area contributed by atoms with Gasteiger partial charge in [-0.25, -0.2) is 9.37 Å². The second-order valence-corrected chi connectivity index (χ2v) is 7.44. The normalized spacial score (nSPS) is 13.8. The summed E-state index contributed by atoms with van der Waals surface area (Å²) in [7, 11) is 1.96. The third-order valence-corrected chi connectivity index (χ3v) is 5.61. The van der Waals surface area contributed by atoms with Crippen LogP contribution in [0.2, 0.25) is 0 Å². The standard InChI is InChI=1S/C22H19FN4O2/c1-25-11-14(16-4-2-3-5-19(16)25)10-21(28)26-9-8-18-17(13-26)22(29)27-12-15(23)6-7-20(27)24-18/h2-7,11-12H,8-10,13H2,1H3. The molecule has 0 unspecified atom stereocenters. The summed E-state index contributed by atoms with van der Waals surface area (Å²) >= 11 is 0. The van der Waals surface area contributed by atoms with Gasteiger partial charge in [-0.1, -0.05) is 18.2 Å². The van der Waals surface area contributed by atoms with E-state index in [-0.39, 0.29) is 24.4 Å². The van der Waals surface area contributed by atoms with Crippen molar-refractivity contribution < 1.29 is 9.18 Å². The van der Waals surface area contributed by atoms with Gasteiger partial charge in [0.05, 0.1) is 24.2 Å². The number of aromatic nitrogens is 3. The average Bonchev–Trinajstić information content (AvgIpc) is 3.04. The maximum Gasteiger partial charge on any atom is 0.263 e. The Hall–Kier alpha value is -3.48. The molecule has 5 rings (SSSR count). The van der Waals surface area contributed by atoms with Crippen LogP contribution in [0.25, 0.3) is 16.6 Å². The lowest BCUT2D eigenvalue weighted by molar-refractivity contribution is -0.131. The smallest absolute Gasteiger partial charge is 0.263 e. The number of nitrogens with zero attached hydrogens (tertiary/aromatic N) is 4. The van der Waals surface area contributed by atoms with Gasteiger partial charge >= 0.3 is 0 Å². The van der Waals surface area contributed by atoms with Crippen LogP contribution in [0.4, 0.5) is 4.39 Å². The summed E-state index contributed by atoms with van der Waals surface area (Å²) < 4.78 is 16.8. The molecule has 146 valence electrons. The van der Waals surface area contributed by atoms with E-state index >= 15 is 0 Å². The van der Waals surface area contributed by atoms with Crippen molar-refractivity contribution in [1.82, 2.24) is 18.9 Å². The molecule has 6 nitrogen and oxygen atoms in total. The largest absolute Gasteiger partial charge is 0.350 e. The molecule has 0 spiro atoms. The van der Waals surface area contributed by atoms with Crippen molar-refractivity contribution >= 4 is 22.5 Å². The summed E-state index contributed by atoms with van der Waals surface area (Å²) in [6.45, 7) is 0.713. The molecule has 0 saturated carbocycles. The van der Waals surface area contributed by atoms with E-state index in [4.69, 9.17) is 0 Å². The molecule has 1 aromatic carbocycles. The van der Waals surface area contributed by atoms with Crippen molar-refractivity contribution in [1.29, 1.82) is 0 Å². The van der Waals surface area contributed by atoms with Gasteiger partial charge in [0.1, 0.15) is 11.5 Å². The first kappa shape index (κ1) is 17.6. The van der Waals surface area contributed by atoms with Gasteiger partial charge in [-0.05, 0) is 23.8 Å². The van der Waals surface area contributed by atoms with Crippen molar-refractivity contribution in [3.63, 3.8) is 0 Å². The number of benzene rings is 1. The highest BCUT2D eigenvalue weighted by atomic mass is 19.1. The number of pyridine rings is 1. The van der Waals surface area contributed by atoms with Crippen LogP contribution in [0.5, 0.6) is 0 Å². The zero-order chi connectivity index (χ0) is 20.1. The van der Waals surface area contributed by atoms with Gasteiger partial charge < -0.3 is 9.47 Å². The van der Waals surface area contributed by atoms with E-state index in [9.17, 15) is 14.0 Å². The number of para-hydroxylation sites is 1. The first-order valence-electron chi connectivity index (χ1n) is 9.51. The molecule has 1 amide bonds. The number of halogens is 1. The Morgan fingerprint density at radius 3 is 2.86 bits per heavy atom. The molecule has 0 atom stereocenters. The molecule has 0 radical (unpaired) electrons. The zero-order valence-electron chi connectivity index (χ0n) is 15.9. The minimum Gasteiger partial charge on any atom is -0.350 e. The first-order chi connectivity index (χ1) is 14.0. The minimum atomic E-state index is -0.499. The summed E-state index contributed by atoms with van der Waals surface area (Å²) in [5.41, 5.74) is 3.31. The van der Waals surface area contributed by atoms with E-state index < -0.39 is 5.82 Å². The molecule has 1 aliphatic rings. The van der Waals surface area contributed by atoms with Gasteiger partial charge in [-0.15, -0.1) is 0 Å². The topological polar surface area (TPSA) is 59.6 Å². The van der Waals surface area contributed by atoms with Gasteiger partial charge in [0, 0.05) is 43.3 Å². The van der Waals surface area contributed by atoms with E-state index in [1.54, 1.807) is 4.90 Å². The van der Waals surface area contributed by atoms with E-state index in [1.807, 2.05) is 42.1 Å². The molecular formula is C22H19FN4O2. The van der Waals surface area contributed by atoms with E-state index in [0.29, 0.717) is 29.9 Å². The molecule has 0 bridgehead atoms. The van der Waals surface area contributed by atoms with Crippen LogP contribution in [0, 0.1) is 5.82 Å². The van der Waals surface area contributed by atoms with Crippen LogP contribution >= 0.6 is 0 Å². The van der Waals surface area contributed by atoms with Crippen molar-refractivity contribution in [2.75, 3.05) is 6.54 Å². The second-order valence-electron chi connectivity index (χ2n) is 7.44. The van der Waals surface area contributed by atoms with Gasteiger partial charge in [0.2, 0.25) is 5.91 Å². The highest BCUT2D eigenvalue weighted by molar-refractivity contribution is 5.89. The summed E-state index contributed by atoms with van der Waals surface area (Å²) in [6, 6.07) is 10.8. The number of aryl methyl sites for hydroxylation is 1. The number of hydrogen-bond acceptors (Lipinski definition) is 3. The fourth-order valence-electron chi connectivity index (χ4n) is 4.13. The predicted octanol–water partition coefficient (Wildman–Crippen LogP) is 2.45. The summed E-state index contributed by atoms with van der Waals surface area (Å²) in [5, 5.41) is 1.06. The number of hydrogen-bond donors (Lipinski definition) is 0. The molecule has 29 heavy (non-hydrogen) atoms. The maximum atomic E-state index is 13.6. The lowest BCUT2D eigenvalue weighted by Crippen LogP contribution is -2.40. The van der Waals surface area contributed by atoms with Crippen molar-refractivity contribution in [3.8, 4) is 0 Å². The third-order valence-electron chi connectivity index (χ3n) is 5.61. The Balaban J connectivity index is 1.45. The lowest BCUT2D eigenvalue weighted by atomic mass is 10.0. The number of rotatable bonds is 2. The van der Waals surface area contributed by atoms with Crippen LogP contribution in [0.3, 0.4) is 0 Å². The Morgan fingerprint density at radius 2 is 2.00 bits per heavy atom. The molecule has 4 heterocycles. The first-order valence-corrected chi connectivity index (χ1v) is 9.51. The van der Waals surface area contributed by atoms with Gasteiger partial charge in [0.15, 0.2) is 0 Å². The summed E-state index contributed by atoms with van der Waals surface area (Å²) in [4.78, 5) is 32.0. The average molecular weight is 390 g/mol. The SMILES string of the molecule is Cn1cc(CC(=O)N2CCc3nc4ccc(F)cn4c(=O)c3C2)c2ccccc21. The number of fused-ring (bicyclic) bond motifs is 3. The van der Waals surface area contributed by atoms with E-state index in [1.165, 1.54) is 16.5 Å². The van der Waals surface area contributed by atoms with Crippen LogP contribution in [0.15, 0.2) is 53.6 Å². The molecule has 0 aliphatic carbocycles. The Kier molecular flexibility index (Phi) is 3.97. The lowest BCUT2D eigenvalue weighted by Gasteiger charge is -2.28. The van der Waals surface area contributed by atoms with Crippen LogP contribution in [-0.4, -0.2) is 31.3 Å². The number of carbonyl (C=O) groups is 1. The quantitative estimate of drug-likeness (QED) is 0.528. The predicted molar refractivity (Wildman–Crippen MR) is 107 cm³/mol. The molecule has 4 aromatic rings. The molecule has 0 fully saturated rings. The minimum absolute atomic E-state index is 0.0317. The van der Waals surface area contributed by atoms with Gasteiger partial charge in [0.25, 0.3) is 5.56 Å². The molecule has 7 heteroatoms. The number of amides is 1. The van der Waals surface area contributed by atoms with Crippen LogP contribution in [-0.2, 0) is 31.2 Å². The molecule has 1 aliphatic heterocycles. The third kappa shape index (κ3) is 2.90. The second kappa shape index (κ2) is 6.55. The summed E-state index contributed by atoms with van der Waals surface area (Å²) in [6.07, 6.45) is 3.91. The summed E-state index contributed by atoms with van der Waals surface area (Å²) in [5.74, 6) is -0.531. The van der Waals surface area contributed by atoms with Crippen molar-refractivity contribution in [2.45, 2.75) is 19.4 Å². The van der Waals surface area contributed by atoms with Crippen LogP contribution in [0.1, 0.15) is 16.8 Å². The molecule has 0 saturated heterocycles. The van der Waals surface area contributed by atoms with E-state index in [0.717, 1.165) is 22.7 Å². The number of carbonyl (C=O) groups excluding carboxylic acids is 1. The highest BCUT2D eigenvalue weighted by Crippen LogP contribution is 2.22. The molecular weight excluding hydrogens is 371 g/mol. The Labute approximate surface area is 165 Å². The van der Waals surface area contributed by atoms with Gasteiger partial charge in [-0.3, -0.25) is 14.0 Å². The fourth-order valence-corrected chi connectivity index (χ4v) is 4.13. The zero-order valence-corrected chi connectivity index (χ0v) is 15.9. The van der Waals surface area contributed by atoms with Crippen molar-refractivity contribution in [3.05, 3.63) is 81.8 Å². The Bertz CT molecular complexity index is 1340. The highest BCUT2D eigenvalue weighted by Gasteiger charge is 2.25. The Morgan fingerprint density at radius 1 is 1.17 bits per heavy atom. The van der Waals surface area contributed by atoms with Gasteiger partial charge in [-0.2, -0.15) is 0 Å². The fraction of sp³-hybridized carbons (Fsp3) is 0.227. The van der Waals surface area contributed by atoms with Crippen molar-refractivity contribution in [2.24, 2.45) is 7.05 Å². The molecule has 0 N–H and O–H groups in total. The maximum absolute atomic E-state index is 13.6. The monoisotopic (exact) mass is 390 g/mol. The molecule has 3 aromatic heterocycles. The van der Waals surface area contributed by atoms with E-state index in [2.05, 4.69) is 4.98 Å².